The molecule has 0 aromatic heterocycles. The molecule has 0 aliphatic carbocycles. The molecule has 0 heterocycles. The zero-order valence-corrected chi connectivity index (χ0v) is 14.0. The van der Waals surface area contributed by atoms with E-state index >= 15 is 0 Å². The Morgan fingerprint density at radius 3 is 2.65 bits per heavy atom. The molecular formula is C16H17BrN2S. The number of hydrogen-bond donors (Lipinski definition) is 1. The summed E-state index contributed by atoms with van der Waals surface area (Å²) in [6, 6.07) is 16.4. The Kier molecular flexibility index (Phi) is 5.15. The predicted octanol–water partition coefficient (Wildman–Crippen LogP) is 4.59. The third-order valence-electron chi connectivity index (χ3n) is 2.98. The maximum Gasteiger partial charge on any atom is 0.173 e. The van der Waals surface area contributed by atoms with Crippen molar-refractivity contribution in [3.63, 3.8) is 0 Å². The van der Waals surface area contributed by atoms with E-state index < -0.39 is 0 Å². The molecule has 2 aromatic rings. The topological polar surface area (TPSA) is 15.3 Å². The Balaban J connectivity index is 2.01. The van der Waals surface area contributed by atoms with Crippen molar-refractivity contribution in [3.8, 4) is 0 Å². The summed E-state index contributed by atoms with van der Waals surface area (Å²) in [4.78, 5) is 2.03. The van der Waals surface area contributed by atoms with Crippen molar-refractivity contribution in [2.75, 3.05) is 12.4 Å². The molecule has 0 aliphatic heterocycles. The maximum atomic E-state index is 5.44. The van der Waals surface area contributed by atoms with Gasteiger partial charge in [0.05, 0.1) is 0 Å². The fraction of sp³-hybridized carbons (Fsp3) is 0.188. The van der Waals surface area contributed by atoms with Gasteiger partial charge in [-0.2, -0.15) is 0 Å². The molecule has 2 rings (SSSR count). The largest absolute Gasteiger partial charge is 0.348 e. The molecule has 1 N–H and O–H groups in total. The Morgan fingerprint density at radius 1 is 1.20 bits per heavy atom. The van der Waals surface area contributed by atoms with Crippen molar-refractivity contribution in [3.05, 3.63) is 64.1 Å². The summed E-state index contributed by atoms with van der Waals surface area (Å²) in [5, 5.41) is 3.98. The average molecular weight is 349 g/mol. The molecule has 20 heavy (non-hydrogen) atoms. The van der Waals surface area contributed by atoms with Crippen molar-refractivity contribution in [1.29, 1.82) is 0 Å². The van der Waals surface area contributed by atoms with Crippen LogP contribution in [0.1, 0.15) is 11.1 Å². The molecule has 0 saturated carbocycles. The summed E-state index contributed by atoms with van der Waals surface area (Å²) in [7, 11) is 1.99. The minimum absolute atomic E-state index is 0.714. The number of anilines is 1. The normalized spacial score (nSPS) is 10.2. The lowest BCUT2D eigenvalue weighted by molar-refractivity contribution is 0.507. The van der Waals surface area contributed by atoms with Crippen LogP contribution in [0, 0.1) is 6.92 Å². The first-order chi connectivity index (χ1) is 9.56. The fourth-order valence-electron chi connectivity index (χ4n) is 1.90. The lowest BCUT2D eigenvalue weighted by Gasteiger charge is -2.22. The zero-order valence-electron chi connectivity index (χ0n) is 11.6. The standard InChI is InChI=1S/C16H17BrN2S/c1-12-6-5-8-14(10-12)18-16(20)19(2)11-13-7-3-4-9-15(13)17/h3-10H,11H2,1-2H3,(H,18,20). The van der Waals surface area contributed by atoms with E-state index in [9.17, 15) is 0 Å². The van der Waals surface area contributed by atoms with E-state index in [2.05, 4.69) is 46.4 Å². The Hall–Kier alpha value is -1.39. The number of rotatable bonds is 3. The summed E-state index contributed by atoms with van der Waals surface area (Å²) < 4.78 is 1.10. The summed E-state index contributed by atoms with van der Waals surface area (Å²) in [6.07, 6.45) is 0. The van der Waals surface area contributed by atoms with Crippen molar-refractivity contribution in [2.24, 2.45) is 0 Å². The highest BCUT2D eigenvalue weighted by Gasteiger charge is 2.07. The fourth-order valence-corrected chi connectivity index (χ4v) is 2.49. The van der Waals surface area contributed by atoms with Crippen LogP contribution in [0.15, 0.2) is 53.0 Å². The van der Waals surface area contributed by atoms with Crippen LogP contribution in [0.4, 0.5) is 5.69 Å². The highest BCUT2D eigenvalue weighted by molar-refractivity contribution is 9.10. The monoisotopic (exact) mass is 348 g/mol. The van der Waals surface area contributed by atoms with Gasteiger partial charge >= 0.3 is 0 Å². The maximum absolute atomic E-state index is 5.44. The van der Waals surface area contributed by atoms with Gasteiger partial charge in [-0.15, -0.1) is 0 Å². The lowest BCUT2D eigenvalue weighted by atomic mass is 10.2. The SMILES string of the molecule is Cc1cccc(NC(=S)N(C)Cc2ccccc2Br)c1. The number of nitrogens with one attached hydrogen (secondary N) is 1. The van der Waals surface area contributed by atoms with Crippen LogP contribution in [0.25, 0.3) is 0 Å². The van der Waals surface area contributed by atoms with Gasteiger partial charge in [0, 0.05) is 23.8 Å². The second-order valence-corrected chi connectivity index (χ2v) is 5.99. The summed E-state index contributed by atoms with van der Waals surface area (Å²) in [5.41, 5.74) is 3.45. The minimum atomic E-state index is 0.714. The van der Waals surface area contributed by atoms with Gasteiger partial charge in [-0.05, 0) is 48.5 Å². The van der Waals surface area contributed by atoms with Crippen LogP contribution < -0.4 is 5.32 Å². The van der Waals surface area contributed by atoms with Gasteiger partial charge in [0.25, 0.3) is 0 Å². The number of halogens is 1. The smallest absolute Gasteiger partial charge is 0.173 e. The van der Waals surface area contributed by atoms with Crippen LogP contribution in [-0.2, 0) is 6.54 Å². The zero-order chi connectivity index (χ0) is 14.5. The lowest BCUT2D eigenvalue weighted by Crippen LogP contribution is -2.30. The van der Waals surface area contributed by atoms with Crippen molar-refractivity contribution >= 4 is 38.9 Å². The highest BCUT2D eigenvalue weighted by Crippen LogP contribution is 2.18. The van der Waals surface area contributed by atoms with Crippen LogP contribution in [0.5, 0.6) is 0 Å². The molecule has 4 heteroatoms. The van der Waals surface area contributed by atoms with E-state index in [1.165, 1.54) is 11.1 Å². The van der Waals surface area contributed by atoms with Gasteiger partial charge in [-0.25, -0.2) is 0 Å². The molecule has 0 saturated heterocycles. The van der Waals surface area contributed by atoms with Crippen molar-refractivity contribution in [2.45, 2.75) is 13.5 Å². The molecule has 0 radical (unpaired) electrons. The molecule has 0 amide bonds. The summed E-state index contributed by atoms with van der Waals surface area (Å²) in [6.45, 7) is 2.83. The molecule has 0 spiro atoms. The predicted molar refractivity (Wildman–Crippen MR) is 93.0 cm³/mol. The average Bonchev–Trinajstić information content (AvgIpc) is 2.41. The van der Waals surface area contributed by atoms with Gasteiger partial charge in [0.1, 0.15) is 0 Å². The Morgan fingerprint density at radius 2 is 1.95 bits per heavy atom. The first-order valence-electron chi connectivity index (χ1n) is 6.38. The number of thiocarbonyl (C=S) groups is 1. The molecule has 0 atom stereocenters. The van der Waals surface area contributed by atoms with E-state index in [4.69, 9.17) is 12.2 Å². The van der Waals surface area contributed by atoms with E-state index in [0.29, 0.717) is 5.11 Å². The first kappa shape index (κ1) is 15.0. The molecule has 0 fully saturated rings. The number of nitrogens with zero attached hydrogens (tertiary/aromatic N) is 1. The first-order valence-corrected chi connectivity index (χ1v) is 7.58. The molecular weight excluding hydrogens is 332 g/mol. The van der Waals surface area contributed by atoms with Crippen molar-refractivity contribution < 1.29 is 0 Å². The quantitative estimate of drug-likeness (QED) is 0.816. The molecule has 104 valence electrons. The second-order valence-electron chi connectivity index (χ2n) is 4.75. The van der Waals surface area contributed by atoms with Crippen LogP contribution in [0.3, 0.4) is 0 Å². The van der Waals surface area contributed by atoms with Gasteiger partial charge in [-0.3, -0.25) is 0 Å². The minimum Gasteiger partial charge on any atom is -0.348 e. The highest BCUT2D eigenvalue weighted by atomic mass is 79.9. The molecule has 0 aliphatic rings. The van der Waals surface area contributed by atoms with Crippen molar-refractivity contribution in [1.82, 2.24) is 4.90 Å². The van der Waals surface area contributed by atoms with Crippen LogP contribution in [0.2, 0.25) is 0 Å². The third-order valence-corrected chi connectivity index (χ3v) is 4.17. The van der Waals surface area contributed by atoms with E-state index in [1.54, 1.807) is 0 Å². The molecule has 2 aromatic carbocycles. The van der Waals surface area contributed by atoms with Gasteiger partial charge < -0.3 is 10.2 Å². The molecule has 2 nitrogen and oxygen atoms in total. The Labute approximate surface area is 133 Å². The summed E-state index contributed by atoms with van der Waals surface area (Å²) >= 11 is 9.00. The third kappa shape index (κ3) is 4.05. The number of aryl methyl sites for hydroxylation is 1. The van der Waals surface area contributed by atoms with Gasteiger partial charge in [0.2, 0.25) is 0 Å². The molecule has 0 bridgehead atoms. The number of hydrogen-bond acceptors (Lipinski definition) is 1. The number of benzene rings is 2. The van der Waals surface area contributed by atoms with Gasteiger partial charge in [0.15, 0.2) is 5.11 Å². The van der Waals surface area contributed by atoms with Crippen LogP contribution >= 0.6 is 28.1 Å². The molecule has 0 unspecified atom stereocenters. The Bertz CT molecular complexity index is 613. The second kappa shape index (κ2) is 6.86. The summed E-state index contributed by atoms with van der Waals surface area (Å²) in [5.74, 6) is 0. The van der Waals surface area contributed by atoms with Crippen LogP contribution in [-0.4, -0.2) is 17.1 Å². The van der Waals surface area contributed by atoms with E-state index in [-0.39, 0.29) is 0 Å². The van der Waals surface area contributed by atoms with E-state index in [1.807, 2.05) is 42.3 Å². The van der Waals surface area contributed by atoms with Gasteiger partial charge in [-0.1, -0.05) is 46.3 Å². The van der Waals surface area contributed by atoms with E-state index in [0.717, 1.165) is 16.7 Å².